The number of nitrogens with one attached hydrogen (secondary N) is 1. The molecule has 5 nitrogen and oxygen atoms in total. The van der Waals surface area contributed by atoms with E-state index >= 15 is 0 Å². The number of carbonyl (C=O) groups is 1. The van der Waals surface area contributed by atoms with Crippen molar-refractivity contribution in [1.29, 1.82) is 0 Å². The Kier molecular flexibility index (Phi) is 7.44. The van der Waals surface area contributed by atoms with Gasteiger partial charge in [0.15, 0.2) is 0 Å². The van der Waals surface area contributed by atoms with Gasteiger partial charge in [0.1, 0.15) is 18.2 Å². The predicted molar refractivity (Wildman–Crippen MR) is 131 cm³/mol. The lowest BCUT2D eigenvalue weighted by atomic mass is 10.0. The van der Waals surface area contributed by atoms with Crippen molar-refractivity contribution in [2.75, 3.05) is 5.32 Å². The SMILES string of the molecule is O=C(O)C(Cc1ccccc1)Nc1cc(-c2ccc(CCCc3ccccc3)cc2)ncn1. The third kappa shape index (κ3) is 6.50. The normalized spacial score (nSPS) is 11.6. The van der Waals surface area contributed by atoms with Crippen molar-refractivity contribution in [1.82, 2.24) is 9.97 Å². The maximum atomic E-state index is 11.8. The Hall–Kier alpha value is -3.99. The molecule has 0 aliphatic rings. The van der Waals surface area contributed by atoms with Crippen molar-refractivity contribution in [3.8, 4) is 11.3 Å². The summed E-state index contributed by atoms with van der Waals surface area (Å²) in [5.74, 6) is -0.422. The van der Waals surface area contributed by atoms with Crippen molar-refractivity contribution in [3.63, 3.8) is 0 Å². The molecule has 1 aromatic heterocycles. The topological polar surface area (TPSA) is 75.1 Å². The minimum absolute atomic E-state index is 0.368. The second-order valence-corrected chi connectivity index (χ2v) is 8.05. The fraction of sp³-hybridized carbons (Fsp3) is 0.179. The molecule has 1 unspecified atom stereocenters. The smallest absolute Gasteiger partial charge is 0.326 e. The number of hydrogen-bond donors (Lipinski definition) is 2. The van der Waals surface area contributed by atoms with E-state index in [4.69, 9.17) is 0 Å². The first-order chi connectivity index (χ1) is 16.2. The Morgan fingerprint density at radius 2 is 1.39 bits per heavy atom. The van der Waals surface area contributed by atoms with Crippen LogP contribution in [0.25, 0.3) is 11.3 Å². The van der Waals surface area contributed by atoms with Gasteiger partial charge in [-0.15, -0.1) is 0 Å². The summed E-state index contributed by atoms with van der Waals surface area (Å²) in [6, 6.07) is 29.5. The van der Waals surface area contributed by atoms with Crippen LogP contribution in [-0.4, -0.2) is 27.1 Å². The zero-order valence-corrected chi connectivity index (χ0v) is 18.4. The number of rotatable bonds is 10. The first-order valence-electron chi connectivity index (χ1n) is 11.2. The Morgan fingerprint density at radius 3 is 2.03 bits per heavy atom. The standard InChI is InChI=1S/C28H27N3O2/c32-28(33)26(18-23-10-5-2-6-11-23)31-27-19-25(29-20-30-27)24-16-14-22(15-17-24)13-7-12-21-8-3-1-4-9-21/h1-6,8-11,14-17,19-20,26H,7,12-13,18H2,(H,32,33)(H,29,30,31). The van der Waals surface area contributed by atoms with Crippen molar-refractivity contribution in [3.05, 3.63) is 114 Å². The Bertz CT molecular complexity index is 1160. The molecule has 0 aliphatic heterocycles. The summed E-state index contributed by atoms with van der Waals surface area (Å²) < 4.78 is 0. The van der Waals surface area contributed by atoms with Crippen LogP contribution in [0, 0.1) is 0 Å². The number of aromatic nitrogens is 2. The van der Waals surface area contributed by atoms with Crippen LogP contribution >= 0.6 is 0 Å². The molecular weight excluding hydrogens is 410 g/mol. The maximum absolute atomic E-state index is 11.8. The van der Waals surface area contributed by atoms with Gasteiger partial charge in [-0.3, -0.25) is 0 Å². The lowest BCUT2D eigenvalue weighted by Crippen LogP contribution is -2.31. The summed E-state index contributed by atoms with van der Waals surface area (Å²) in [5, 5.41) is 12.7. The van der Waals surface area contributed by atoms with Crippen LogP contribution in [0.15, 0.2) is 97.3 Å². The highest BCUT2D eigenvalue weighted by Crippen LogP contribution is 2.21. The van der Waals surface area contributed by atoms with E-state index in [0.717, 1.165) is 36.1 Å². The van der Waals surface area contributed by atoms with E-state index in [0.29, 0.717) is 12.2 Å². The van der Waals surface area contributed by atoms with Gasteiger partial charge >= 0.3 is 5.97 Å². The molecule has 0 saturated carbocycles. The quantitative estimate of drug-likeness (QED) is 0.346. The number of nitrogens with zero attached hydrogens (tertiary/aromatic N) is 2. The summed E-state index contributed by atoms with van der Waals surface area (Å²) in [5.41, 5.74) is 5.34. The summed E-state index contributed by atoms with van der Waals surface area (Å²) >= 11 is 0. The number of carboxylic acid groups (broad SMARTS) is 1. The first-order valence-corrected chi connectivity index (χ1v) is 11.2. The van der Waals surface area contributed by atoms with Crippen LogP contribution in [0.2, 0.25) is 0 Å². The minimum atomic E-state index is -0.918. The number of anilines is 1. The summed E-state index contributed by atoms with van der Waals surface area (Å²) in [7, 11) is 0. The molecule has 0 spiro atoms. The van der Waals surface area contributed by atoms with Crippen LogP contribution < -0.4 is 5.32 Å². The van der Waals surface area contributed by atoms with Gasteiger partial charge in [0.05, 0.1) is 5.69 Å². The Morgan fingerprint density at radius 1 is 0.788 bits per heavy atom. The second kappa shape index (κ2) is 11.0. The van der Waals surface area contributed by atoms with Gasteiger partial charge in [-0.25, -0.2) is 14.8 Å². The highest BCUT2D eigenvalue weighted by molar-refractivity contribution is 5.77. The summed E-state index contributed by atoms with van der Waals surface area (Å²) in [6.07, 6.45) is 5.02. The molecule has 0 saturated heterocycles. The molecule has 2 N–H and O–H groups in total. The summed E-state index contributed by atoms with van der Waals surface area (Å²) in [4.78, 5) is 20.4. The van der Waals surface area contributed by atoms with Crippen LogP contribution in [0.5, 0.6) is 0 Å². The zero-order chi connectivity index (χ0) is 22.9. The predicted octanol–water partition coefficient (Wildman–Crippen LogP) is 5.43. The van der Waals surface area contributed by atoms with E-state index in [1.165, 1.54) is 17.5 Å². The first kappa shape index (κ1) is 22.2. The molecule has 33 heavy (non-hydrogen) atoms. The van der Waals surface area contributed by atoms with Gasteiger partial charge in [0, 0.05) is 18.1 Å². The Balaban J connectivity index is 1.38. The van der Waals surface area contributed by atoms with Gasteiger partial charge in [-0.2, -0.15) is 0 Å². The molecule has 1 atom stereocenters. The number of aliphatic carboxylic acids is 1. The van der Waals surface area contributed by atoms with Gasteiger partial charge in [-0.1, -0.05) is 84.9 Å². The number of carboxylic acids is 1. The van der Waals surface area contributed by atoms with E-state index in [2.05, 4.69) is 63.8 Å². The molecule has 0 amide bonds. The number of aryl methyl sites for hydroxylation is 2. The van der Waals surface area contributed by atoms with Gasteiger partial charge < -0.3 is 10.4 Å². The third-order valence-corrected chi connectivity index (χ3v) is 5.59. The van der Waals surface area contributed by atoms with E-state index in [-0.39, 0.29) is 0 Å². The van der Waals surface area contributed by atoms with E-state index in [9.17, 15) is 9.90 Å². The molecule has 4 rings (SSSR count). The van der Waals surface area contributed by atoms with Crippen molar-refractivity contribution in [2.24, 2.45) is 0 Å². The fourth-order valence-corrected chi connectivity index (χ4v) is 3.81. The molecule has 0 aliphatic carbocycles. The molecule has 166 valence electrons. The van der Waals surface area contributed by atoms with Crippen LogP contribution in [0.3, 0.4) is 0 Å². The monoisotopic (exact) mass is 437 g/mol. The van der Waals surface area contributed by atoms with Gasteiger partial charge in [0.25, 0.3) is 0 Å². The molecule has 3 aromatic carbocycles. The fourth-order valence-electron chi connectivity index (χ4n) is 3.81. The minimum Gasteiger partial charge on any atom is -0.480 e. The average Bonchev–Trinajstić information content (AvgIpc) is 2.85. The Labute approximate surface area is 194 Å². The van der Waals surface area contributed by atoms with Crippen molar-refractivity contribution >= 4 is 11.8 Å². The van der Waals surface area contributed by atoms with E-state index in [1.54, 1.807) is 6.07 Å². The summed E-state index contributed by atoms with van der Waals surface area (Å²) in [6.45, 7) is 0. The van der Waals surface area contributed by atoms with Gasteiger partial charge in [-0.05, 0) is 36.0 Å². The van der Waals surface area contributed by atoms with Gasteiger partial charge in [0.2, 0.25) is 0 Å². The van der Waals surface area contributed by atoms with E-state index < -0.39 is 12.0 Å². The third-order valence-electron chi connectivity index (χ3n) is 5.59. The van der Waals surface area contributed by atoms with Crippen LogP contribution in [0.1, 0.15) is 23.1 Å². The number of benzene rings is 3. The van der Waals surface area contributed by atoms with Crippen molar-refractivity contribution in [2.45, 2.75) is 31.7 Å². The molecule has 5 heteroatoms. The lowest BCUT2D eigenvalue weighted by Gasteiger charge is -2.15. The zero-order valence-electron chi connectivity index (χ0n) is 18.4. The average molecular weight is 438 g/mol. The second-order valence-electron chi connectivity index (χ2n) is 8.05. The number of hydrogen-bond acceptors (Lipinski definition) is 4. The molecule has 0 bridgehead atoms. The van der Waals surface area contributed by atoms with Crippen LogP contribution in [0.4, 0.5) is 5.82 Å². The largest absolute Gasteiger partial charge is 0.480 e. The molecule has 0 radical (unpaired) electrons. The maximum Gasteiger partial charge on any atom is 0.326 e. The molecular formula is C28H27N3O2. The molecule has 0 fully saturated rings. The molecule has 4 aromatic rings. The lowest BCUT2D eigenvalue weighted by molar-refractivity contribution is -0.137. The highest BCUT2D eigenvalue weighted by atomic mass is 16.4. The highest BCUT2D eigenvalue weighted by Gasteiger charge is 2.18. The van der Waals surface area contributed by atoms with E-state index in [1.807, 2.05) is 36.4 Å². The van der Waals surface area contributed by atoms with Crippen LogP contribution in [-0.2, 0) is 24.1 Å². The van der Waals surface area contributed by atoms with Crippen molar-refractivity contribution < 1.29 is 9.90 Å². The molecule has 1 heterocycles.